The third-order valence-electron chi connectivity index (χ3n) is 6.66. The van der Waals surface area contributed by atoms with Gasteiger partial charge in [0.05, 0.1) is 35.6 Å². The van der Waals surface area contributed by atoms with Crippen LogP contribution in [0.15, 0.2) is 130 Å². The highest BCUT2D eigenvalue weighted by atomic mass is 16.4. The van der Waals surface area contributed by atoms with Crippen LogP contribution in [0.3, 0.4) is 0 Å². The van der Waals surface area contributed by atoms with Gasteiger partial charge in [0.15, 0.2) is 0 Å². The van der Waals surface area contributed by atoms with Crippen LogP contribution in [0.25, 0.3) is 0 Å². The number of carboxylic acid groups (broad SMARTS) is 1. The predicted octanol–water partition coefficient (Wildman–Crippen LogP) is 4.84. The summed E-state index contributed by atoms with van der Waals surface area (Å²) in [6.45, 7) is 0.566. The largest absolute Gasteiger partial charge is 0.478 e. The number of aromatic nitrogens is 2. The molecule has 0 aliphatic carbocycles. The van der Waals surface area contributed by atoms with Gasteiger partial charge in [-0.3, -0.25) is 15.0 Å². The van der Waals surface area contributed by atoms with Crippen LogP contribution >= 0.6 is 0 Å². The molecular formula is C32H23N5O2. The zero-order chi connectivity index (χ0) is 26.7. The third kappa shape index (κ3) is 4.96. The van der Waals surface area contributed by atoms with Gasteiger partial charge in [-0.25, -0.2) is 9.78 Å². The Kier molecular flexibility index (Phi) is 6.28. The summed E-state index contributed by atoms with van der Waals surface area (Å²) >= 11 is 0. The molecule has 0 saturated carbocycles. The normalized spacial score (nSPS) is 20.7. The molecule has 0 bridgehead atoms. The van der Waals surface area contributed by atoms with Gasteiger partial charge in [-0.1, -0.05) is 36.1 Å². The molecule has 6 rings (SSSR count). The molecule has 0 radical (unpaired) electrons. The molecule has 3 aliphatic rings. The number of hydrogen-bond acceptors (Lipinski definition) is 5. The average Bonchev–Trinajstić information content (AvgIpc) is 3.76. The molecule has 0 spiro atoms. The monoisotopic (exact) mass is 509 g/mol. The second-order valence-corrected chi connectivity index (χ2v) is 9.28. The van der Waals surface area contributed by atoms with Gasteiger partial charge >= 0.3 is 5.97 Å². The molecule has 4 heterocycles. The highest BCUT2D eigenvalue weighted by molar-refractivity contribution is 6.19. The molecule has 0 amide bonds. The lowest BCUT2D eigenvalue weighted by Gasteiger charge is -2.26. The van der Waals surface area contributed by atoms with E-state index < -0.39 is 11.5 Å². The van der Waals surface area contributed by atoms with Crippen molar-refractivity contribution in [2.75, 3.05) is 0 Å². The van der Waals surface area contributed by atoms with Crippen LogP contribution in [-0.4, -0.2) is 43.8 Å². The number of benzene rings is 2. The molecule has 7 nitrogen and oxygen atoms in total. The van der Waals surface area contributed by atoms with E-state index >= 15 is 0 Å². The number of rotatable bonds is 6. The van der Waals surface area contributed by atoms with Gasteiger partial charge in [-0.2, -0.15) is 0 Å². The number of nitrogens with zero attached hydrogens (tertiary/aromatic N) is 5. The molecule has 0 saturated heterocycles. The van der Waals surface area contributed by atoms with Gasteiger partial charge < -0.3 is 9.67 Å². The lowest BCUT2D eigenvalue weighted by molar-refractivity contribution is 0.0697. The molecule has 1 unspecified atom stereocenters. The van der Waals surface area contributed by atoms with Gasteiger partial charge in [-0.05, 0) is 60.2 Å². The van der Waals surface area contributed by atoms with Crippen molar-refractivity contribution in [3.8, 4) is 11.8 Å². The topological polar surface area (TPSA) is 92.2 Å². The Labute approximate surface area is 225 Å². The number of imidazole rings is 1. The fourth-order valence-electron chi connectivity index (χ4n) is 4.77. The minimum atomic E-state index is -0.951. The molecule has 0 fully saturated rings. The van der Waals surface area contributed by atoms with E-state index in [1.165, 1.54) is 0 Å². The maximum absolute atomic E-state index is 11.4. The van der Waals surface area contributed by atoms with E-state index in [0.29, 0.717) is 13.0 Å². The van der Waals surface area contributed by atoms with Crippen molar-refractivity contribution >= 4 is 23.6 Å². The summed E-state index contributed by atoms with van der Waals surface area (Å²) in [4.78, 5) is 29.9. The van der Waals surface area contributed by atoms with E-state index in [1.807, 2.05) is 71.5 Å². The Morgan fingerprint density at radius 3 is 2.74 bits per heavy atom. The van der Waals surface area contributed by atoms with E-state index in [-0.39, 0.29) is 5.56 Å². The molecule has 1 N–H and O–H groups in total. The van der Waals surface area contributed by atoms with E-state index in [9.17, 15) is 9.90 Å². The van der Waals surface area contributed by atoms with Crippen molar-refractivity contribution in [2.45, 2.75) is 18.5 Å². The van der Waals surface area contributed by atoms with Gasteiger partial charge in [0.2, 0.25) is 0 Å². The van der Waals surface area contributed by atoms with Crippen molar-refractivity contribution in [3.05, 3.63) is 137 Å². The molecule has 39 heavy (non-hydrogen) atoms. The fourth-order valence-corrected chi connectivity index (χ4v) is 4.77. The summed E-state index contributed by atoms with van der Waals surface area (Å²) in [5.74, 6) is 5.46. The number of carbonyl (C=O) groups is 1. The minimum absolute atomic E-state index is 0.248. The molecule has 2 aromatic carbocycles. The van der Waals surface area contributed by atoms with E-state index in [4.69, 9.17) is 9.98 Å². The van der Waals surface area contributed by atoms with Crippen LogP contribution in [0.4, 0.5) is 0 Å². The summed E-state index contributed by atoms with van der Waals surface area (Å²) in [6.07, 6.45) is 19.4. The Morgan fingerprint density at radius 1 is 1.08 bits per heavy atom. The van der Waals surface area contributed by atoms with Crippen molar-refractivity contribution < 1.29 is 9.90 Å². The standard InChI is InChI=1S/C32H23N5O2/c38-31(39)25-10-8-24(9-11-25)21-32(30-27(13-16-35-30)29-7-2-15-34-29)14-12-28(36-32)26-6-1-4-23(20-26)5-3-18-37-19-17-33-22-37/h1-2,4,6-17,19-20,22H,18,21H2,(H,38,39). The van der Waals surface area contributed by atoms with E-state index in [2.05, 4.69) is 27.9 Å². The molecule has 3 aliphatic heterocycles. The van der Waals surface area contributed by atoms with Crippen LogP contribution in [0.5, 0.6) is 0 Å². The molecule has 1 aromatic heterocycles. The smallest absolute Gasteiger partial charge is 0.335 e. The van der Waals surface area contributed by atoms with Crippen molar-refractivity contribution in [2.24, 2.45) is 15.0 Å². The summed E-state index contributed by atoms with van der Waals surface area (Å²) in [5.41, 5.74) is 5.70. The molecule has 188 valence electrons. The molecule has 3 aromatic rings. The number of aromatic carboxylic acids is 1. The third-order valence-corrected chi connectivity index (χ3v) is 6.66. The molecule has 1 atom stereocenters. The minimum Gasteiger partial charge on any atom is -0.478 e. The van der Waals surface area contributed by atoms with E-state index in [1.54, 1.807) is 37.1 Å². The quantitative estimate of drug-likeness (QED) is 0.482. The summed E-state index contributed by atoms with van der Waals surface area (Å²) in [6, 6.07) is 15.0. The zero-order valence-electron chi connectivity index (χ0n) is 20.9. The maximum Gasteiger partial charge on any atom is 0.335 e. The Hall–Kier alpha value is -5.35. The average molecular weight is 510 g/mol. The fraction of sp³-hybridized carbons (Fsp3) is 0.0938. The lowest BCUT2D eigenvalue weighted by Crippen LogP contribution is -2.36. The highest BCUT2D eigenvalue weighted by Gasteiger charge is 2.40. The summed E-state index contributed by atoms with van der Waals surface area (Å²) in [7, 11) is 0. The first kappa shape index (κ1) is 24.0. The van der Waals surface area contributed by atoms with Gasteiger partial charge in [0, 0.05) is 47.9 Å². The van der Waals surface area contributed by atoms with Crippen LogP contribution in [0, 0.1) is 11.8 Å². The van der Waals surface area contributed by atoms with Crippen LogP contribution in [0.1, 0.15) is 27.0 Å². The number of hydrogen-bond donors (Lipinski definition) is 1. The summed E-state index contributed by atoms with van der Waals surface area (Å²) in [5, 5.41) is 9.32. The van der Waals surface area contributed by atoms with Crippen LogP contribution in [-0.2, 0) is 13.0 Å². The van der Waals surface area contributed by atoms with Crippen molar-refractivity contribution in [3.63, 3.8) is 0 Å². The van der Waals surface area contributed by atoms with Crippen LogP contribution in [0.2, 0.25) is 0 Å². The van der Waals surface area contributed by atoms with Gasteiger partial charge in [0.25, 0.3) is 0 Å². The Bertz CT molecular complexity index is 1710. The highest BCUT2D eigenvalue weighted by Crippen LogP contribution is 2.35. The van der Waals surface area contributed by atoms with Gasteiger partial charge in [0.1, 0.15) is 5.54 Å². The summed E-state index contributed by atoms with van der Waals surface area (Å²) < 4.78 is 1.92. The van der Waals surface area contributed by atoms with E-state index in [0.717, 1.165) is 39.4 Å². The number of carboxylic acids is 1. The van der Waals surface area contributed by atoms with Crippen LogP contribution < -0.4 is 0 Å². The number of aliphatic imine (C=N–C) groups is 3. The first-order valence-electron chi connectivity index (χ1n) is 12.5. The Morgan fingerprint density at radius 2 is 1.97 bits per heavy atom. The first-order chi connectivity index (χ1) is 19.1. The number of allylic oxidation sites excluding steroid dienone is 4. The SMILES string of the molecule is O=C(O)c1ccc(CC2(C3=NC=CC3=C3C=CC=N3)C=CC(c3cccc(C#CCn4ccnc4)c3)=N2)cc1. The molecule has 7 heteroatoms. The predicted molar refractivity (Wildman–Crippen MR) is 152 cm³/mol. The lowest BCUT2D eigenvalue weighted by atomic mass is 9.83. The first-order valence-corrected chi connectivity index (χ1v) is 12.5. The van der Waals surface area contributed by atoms with Crippen molar-refractivity contribution in [1.82, 2.24) is 9.55 Å². The second kappa shape index (κ2) is 10.2. The molecular weight excluding hydrogens is 486 g/mol. The Balaban J connectivity index is 1.36. The van der Waals surface area contributed by atoms with Gasteiger partial charge in [-0.15, -0.1) is 0 Å². The zero-order valence-corrected chi connectivity index (χ0v) is 20.9. The second-order valence-electron chi connectivity index (χ2n) is 9.28. The van der Waals surface area contributed by atoms with Crippen molar-refractivity contribution in [1.29, 1.82) is 0 Å². The maximum atomic E-state index is 11.4.